The Morgan fingerprint density at radius 1 is 1.13 bits per heavy atom. The minimum atomic E-state index is -3.85. The Morgan fingerprint density at radius 3 is 2.48 bits per heavy atom. The quantitative estimate of drug-likeness (QED) is 0.583. The van der Waals surface area contributed by atoms with Gasteiger partial charge in [0, 0.05) is 18.1 Å². The molecule has 0 N–H and O–H groups in total. The van der Waals surface area contributed by atoms with Crippen molar-refractivity contribution in [3.63, 3.8) is 0 Å². The van der Waals surface area contributed by atoms with Gasteiger partial charge >= 0.3 is 0 Å². The first-order valence-electron chi connectivity index (χ1n) is 10.7. The number of hydrogen-bond donors (Lipinski definition) is 0. The van der Waals surface area contributed by atoms with Crippen LogP contribution in [0.5, 0.6) is 0 Å². The highest BCUT2D eigenvalue weighted by Gasteiger charge is 2.53. The fourth-order valence-corrected chi connectivity index (χ4v) is 6.35. The van der Waals surface area contributed by atoms with Crippen LogP contribution in [0.25, 0.3) is 10.9 Å². The van der Waals surface area contributed by atoms with Crippen molar-refractivity contribution in [3.8, 4) is 0 Å². The third-order valence-electron chi connectivity index (χ3n) is 6.84. The molecular weight excluding hydrogens is 432 g/mol. The predicted octanol–water partition coefficient (Wildman–Crippen LogP) is 4.30. The molecule has 1 unspecified atom stereocenters. The van der Waals surface area contributed by atoms with Crippen molar-refractivity contribution in [2.24, 2.45) is 0 Å². The average Bonchev–Trinajstić information content (AvgIpc) is 3.37. The van der Waals surface area contributed by atoms with Crippen LogP contribution in [0.2, 0.25) is 5.02 Å². The highest BCUT2D eigenvalue weighted by atomic mass is 35.5. The predicted molar refractivity (Wildman–Crippen MR) is 125 cm³/mol. The first-order chi connectivity index (χ1) is 14.7. The van der Waals surface area contributed by atoms with Crippen molar-refractivity contribution in [3.05, 3.63) is 53.1 Å². The summed E-state index contributed by atoms with van der Waals surface area (Å²) in [5.74, 6) is 0.686. The van der Waals surface area contributed by atoms with Gasteiger partial charge in [-0.05, 0) is 71.0 Å². The molecule has 164 valence electrons. The zero-order valence-electron chi connectivity index (χ0n) is 18.0. The summed E-state index contributed by atoms with van der Waals surface area (Å²) in [6.45, 7) is 2.77. The van der Waals surface area contributed by atoms with E-state index in [4.69, 9.17) is 16.7 Å². The lowest BCUT2D eigenvalue weighted by Gasteiger charge is -2.42. The Kier molecular flexibility index (Phi) is 4.84. The lowest BCUT2D eigenvalue weighted by molar-refractivity contribution is 0.217. The Morgan fingerprint density at radius 2 is 1.84 bits per heavy atom. The van der Waals surface area contributed by atoms with E-state index in [-0.39, 0.29) is 10.4 Å². The molecule has 6 nitrogen and oxygen atoms in total. The molecule has 0 amide bonds. The van der Waals surface area contributed by atoms with Gasteiger partial charge in [-0.2, -0.15) is 12.5 Å². The fourth-order valence-electron chi connectivity index (χ4n) is 4.82. The number of anilines is 1. The van der Waals surface area contributed by atoms with E-state index in [9.17, 15) is 8.42 Å². The number of hydrogen-bond acceptors (Lipinski definition) is 5. The average molecular weight is 459 g/mol. The Bertz CT molecular complexity index is 1250. The molecule has 1 aliphatic carbocycles. The Balaban J connectivity index is 1.66. The van der Waals surface area contributed by atoms with Crippen molar-refractivity contribution in [1.82, 2.24) is 14.1 Å². The summed E-state index contributed by atoms with van der Waals surface area (Å²) >= 11 is 6.62. The van der Waals surface area contributed by atoms with Crippen LogP contribution < -0.4 is 4.90 Å². The van der Waals surface area contributed by atoms with Crippen LogP contribution in [0.4, 0.5) is 5.82 Å². The van der Waals surface area contributed by atoms with Gasteiger partial charge in [0.1, 0.15) is 0 Å². The van der Waals surface area contributed by atoms with Gasteiger partial charge < -0.3 is 9.80 Å². The Labute approximate surface area is 188 Å². The summed E-state index contributed by atoms with van der Waals surface area (Å²) < 4.78 is 28.2. The molecule has 0 radical (unpaired) electrons. The largest absolute Gasteiger partial charge is 0.349 e. The SMILES string of the molecule is Cc1ccc(S(=O)(=O)n2nc(N3CCC(N(C)C)CC34CC4)c3c(Cl)cccc32)cc1. The van der Waals surface area contributed by atoms with Gasteiger partial charge in [0.2, 0.25) is 0 Å². The van der Waals surface area contributed by atoms with Crippen LogP contribution in [0.1, 0.15) is 31.2 Å². The third kappa shape index (κ3) is 3.34. The lowest BCUT2D eigenvalue weighted by atomic mass is 9.94. The molecule has 31 heavy (non-hydrogen) atoms. The molecule has 0 bridgehead atoms. The maximum Gasteiger partial charge on any atom is 0.283 e. The molecule has 1 saturated heterocycles. The molecule has 8 heteroatoms. The molecule has 1 spiro atoms. The smallest absolute Gasteiger partial charge is 0.283 e. The van der Waals surface area contributed by atoms with Crippen molar-refractivity contribution < 1.29 is 8.42 Å². The molecule has 1 aromatic heterocycles. The number of piperidine rings is 1. The topological polar surface area (TPSA) is 58.4 Å². The van der Waals surface area contributed by atoms with Crippen molar-refractivity contribution >= 4 is 38.3 Å². The fraction of sp³-hybridized carbons (Fsp3) is 0.435. The standard InChI is InChI=1S/C23H27ClN4O2S/c1-16-7-9-18(10-8-16)31(29,30)28-20-6-4-5-19(24)21(20)22(25-28)27-14-11-17(26(2)3)15-23(27)12-13-23/h4-10,17H,11-15H2,1-3H3. The molecule has 2 aromatic carbocycles. The van der Waals surface area contributed by atoms with E-state index in [1.54, 1.807) is 36.4 Å². The van der Waals surface area contributed by atoms with E-state index in [0.717, 1.165) is 43.2 Å². The first-order valence-corrected chi connectivity index (χ1v) is 12.5. The summed E-state index contributed by atoms with van der Waals surface area (Å²) in [6, 6.07) is 12.8. The number of aromatic nitrogens is 2. The van der Waals surface area contributed by atoms with Gasteiger partial charge in [-0.1, -0.05) is 35.4 Å². The maximum absolute atomic E-state index is 13.5. The van der Waals surface area contributed by atoms with Gasteiger partial charge in [0.25, 0.3) is 10.0 Å². The van der Waals surface area contributed by atoms with E-state index >= 15 is 0 Å². The zero-order valence-corrected chi connectivity index (χ0v) is 19.6. The molecule has 1 aliphatic heterocycles. The van der Waals surface area contributed by atoms with Crippen LogP contribution in [0.3, 0.4) is 0 Å². The summed E-state index contributed by atoms with van der Waals surface area (Å²) in [5, 5.41) is 5.95. The molecule has 2 fully saturated rings. The van der Waals surface area contributed by atoms with E-state index in [2.05, 4.69) is 23.9 Å². The molecule has 2 aliphatic rings. The second-order valence-corrected chi connectivity index (χ2v) is 11.3. The Hall–Kier alpha value is -2.09. The summed E-state index contributed by atoms with van der Waals surface area (Å²) in [4.78, 5) is 4.84. The van der Waals surface area contributed by atoms with E-state index in [1.165, 1.54) is 4.09 Å². The summed E-state index contributed by atoms with van der Waals surface area (Å²) in [6.07, 6.45) is 4.27. The van der Waals surface area contributed by atoms with Crippen molar-refractivity contribution in [1.29, 1.82) is 0 Å². The van der Waals surface area contributed by atoms with Crippen LogP contribution in [-0.2, 0) is 10.0 Å². The molecular formula is C23H27ClN4O2S. The van der Waals surface area contributed by atoms with Crippen LogP contribution in [-0.4, -0.2) is 54.7 Å². The number of rotatable bonds is 4. The van der Waals surface area contributed by atoms with Gasteiger partial charge in [-0.3, -0.25) is 0 Å². The molecule has 1 atom stereocenters. The van der Waals surface area contributed by atoms with Crippen molar-refractivity contribution in [2.75, 3.05) is 25.5 Å². The van der Waals surface area contributed by atoms with Crippen LogP contribution in [0.15, 0.2) is 47.4 Å². The van der Waals surface area contributed by atoms with Crippen molar-refractivity contribution in [2.45, 2.75) is 49.1 Å². The second-order valence-electron chi connectivity index (χ2n) is 9.10. The number of benzene rings is 2. The van der Waals surface area contributed by atoms with Gasteiger partial charge in [0.05, 0.1) is 20.8 Å². The third-order valence-corrected chi connectivity index (χ3v) is 8.76. The first kappa shape index (κ1) is 20.8. The van der Waals surface area contributed by atoms with E-state index in [0.29, 0.717) is 22.4 Å². The number of fused-ring (bicyclic) bond motifs is 1. The number of halogens is 1. The summed E-state index contributed by atoms with van der Waals surface area (Å²) in [7, 11) is 0.415. The number of aryl methyl sites for hydroxylation is 1. The molecule has 2 heterocycles. The highest BCUT2D eigenvalue weighted by molar-refractivity contribution is 7.90. The molecule has 1 saturated carbocycles. The normalized spacial score (nSPS) is 20.7. The monoisotopic (exact) mass is 458 g/mol. The van der Waals surface area contributed by atoms with Crippen LogP contribution >= 0.6 is 11.6 Å². The van der Waals surface area contributed by atoms with Gasteiger partial charge in [-0.25, -0.2) is 0 Å². The minimum Gasteiger partial charge on any atom is -0.349 e. The zero-order chi connectivity index (χ0) is 22.0. The molecule has 5 rings (SSSR count). The minimum absolute atomic E-state index is 0.0477. The van der Waals surface area contributed by atoms with E-state index in [1.807, 2.05) is 13.0 Å². The lowest BCUT2D eigenvalue weighted by Crippen LogP contribution is -2.50. The molecule has 3 aromatic rings. The number of nitrogens with zero attached hydrogens (tertiary/aromatic N) is 4. The summed E-state index contributed by atoms with van der Waals surface area (Å²) in [5.41, 5.74) is 1.58. The maximum atomic E-state index is 13.5. The highest BCUT2D eigenvalue weighted by Crippen LogP contribution is 2.52. The van der Waals surface area contributed by atoms with Gasteiger partial charge in [0.15, 0.2) is 5.82 Å². The van der Waals surface area contributed by atoms with E-state index < -0.39 is 10.0 Å². The van der Waals surface area contributed by atoms with Crippen LogP contribution in [0, 0.1) is 6.92 Å². The van der Waals surface area contributed by atoms with Gasteiger partial charge in [-0.15, -0.1) is 5.10 Å². The second kappa shape index (κ2) is 7.22.